The molecule has 3 saturated carbocycles. The van der Waals surface area contributed by atoms with Crippen LogP contribution in [0.3, 0.4) is 0 Å². The number of carbonyl (C=O) groups excluding carboxylic acids is 1. The fourth-order valence-electron chi connectivity index (χ4n) is 7.11. The Balaban J connectivity index is 1.51. The SMILES string of the molecule is C=C1/C(=C\C=C2/CCC[C@@]3(C)C2CC[C@@H]3[C@@H](C)CC2=C(O)C(=O)CC2)C[C@@H](O)C[C@@H]1O. The minimum absolute atomic E-state index is 0.0412. The molecule has 0 saturated heterocycles. The molecule has 3 N–H and O–H groups in total. The maximum absolute atomic E-state index is 11.7. The smallest absolute Gasteiger partial charge is 0.197 e. The van der Waals surface area contributed by atoms with Gasteiger partial charge in [0, 0.05) is 12.8 Å². The number of allylic oxidation sites excluding steroid dienone is 5. The first-order valence-electron chi connectivity index (χ1n) is 12.1. The quantitative estimate of drug-likeness (QED) is 0.568. The molecule has 3 fully saturated rings. The molecule has 4 aliphatic rings. The summed E-state index contributed by atoms with van der Waals surface area (Å²) in [5, 5.41) is 30.3. The van der Waals surface area contributed by atoms with Crippen molar-refractivity contribution in [2.75, 3.05) is 0 Å². The number of fused-ring (bicyclic) bond motifs is 1. The van der Waals surface area contributed by atoms with E-state index in [4.69, 9.17) is 0 Å². The second-order valence-corrected chi connectivity index (χ2v) is 10.7. The molecule has 4 heteroatoms. The van der Waals surface area contributed by atoms with E-state index in [1.165, 1.54) is 31.3 Å². The van der Waals surface area contributed by atoms with E-state index >= 15 is 0 Å². The Morgan fingerprint density at radius 2 is 1.97 bits per heavy atom. The van der Waals surface area contributed by atoms with Crippen LogP contribution in [0.15, 0.2) is 46.8 Å². The molecule has 0 spiro atoms. The molecule has 0 aromatic carbocycles. The molecule has 0 aromatic rings. The van der Waals surface area contributed by atoms with Crippen LogP contribution in [-0.4, -0.2) is 33.3 Å². The van der Waals surface area contributed by atoms with E-state index in [9.17, 15) is 20.1 Å². The predicted molar refractivity (Wildman–Crippen MR) is 122 cm³/mol. The number of ketones is 1. The Morgan fingerprint density at radius 3 is 2.68 bits per heavy atom. The van der Waals surface area contributed by atoms with Gasteiger partial charge in [-0.1, -0.05) is 38.2 Å². The molecule has 1 unspecified atom stereocenters. The number of aliphatic hydroxyl groups excluding tert-OH is 3. The largest absolute Gasteiger partial charge is 0.504 e. The zero-order chi connectivity index (χ0) is 22.3. The lowest BCUT2D eigenvalue weighted by molar-refractivity contribution is -0.117. The molecule has 0 bridgehead atoms. The topological polar surface area (TPSA) is 77.8 Å². The molecule has 0 radical (unpaired) electrons. The third-order valence-corrected chi connectivity index (χ3v) is 8.81. The molecule has 4 rings (SSSR count). The van der Waals surface area contributed by atoms with Crippen molar-refractivity contribution >= 4 is 5.78 Å². The van der Waals surface area contributed by atoms with Gasteiger partial charge in [0.1, 0.15) is 0 Å². The van der Waals surface area contributed by atoms with Crippen LogP contribution in [0, 0.1) is 23.2 Å². The fraction of sp³-hybridized carbons (Fsp3) is 0.667. The van der Waals surface area contributed by atoms with Crippen LogP contribution in [0.25, 0.3) is 0 Å². The zero-order valence-corrected chi connectivity index (χ0v) is 19.1. The van der Waals surface area contributed by atoms with Crippen molar-refractivity contribution in [3.05, 3.63) is 46.8 Å². The minimum Gasteiger partial charge on any atom is -0.504 e. The lowest BCUT2D eigenvalue weighted by atomic mass is 9.60. The van der Waals surface area contributed by atoms with Gasteiger partial charge in [-0.3, -0.25) is 4.79 Å². The van der Waals surface area contributed by atoms with Crippen molar-refractivity contribution in [2.45, 2.75) is 90.3 Å². The van der Waals surface area contributed by atoms with Crippen molar-refractivity contribution < 1.29 is 20.1 Å². The Bertz CT molecular complexity index is 847. The molecule has 0 amide bonds. The first-order chi connectivity index (χ1) is 14.7. The van der Waals surface area contributed by atoms with Gasteiger partial charge in [0.05, 0.1) is 12.2 Å². The number of Topliss-reactive ketones (excluding diaryl/α,β-unsaturated/α-hetero) is 1. The van der Waals surface area contributed by atoms with Gasteiger partial charge in [0.15, 0.2) is 11.5 Å². The molecule has 31 heavy (non-hydrogen) atoms. The number of carbonyl (C=O) groups is 1. The van der Waals surface area contributed by atoms with Crippen LogP contribution < -0.4 is 0 Å². The van der Waals surface area contributed by atoms with E-state index in [-0.39, 0.29) is 17.0 Å². The first-order valence-corrected chi connectivity index (χ1v) is 12.1. The summed E-state index contributed by atoms with van der Waals surface area (Å²) in [5.41, 5.74) is 4.44. The van der Waals surface area contributed by atoms with E-state index < -0.39 is 12.2 Å². The molecule has 4 nitrogen and oxygen atoms in total. The summed E-state index contributed by atoms with van der Waals surface area (Å²) in [6, 6.07) is 0. The summed E-state index contributed by atoms with van der Waals surface area (Å²) < 4.78 is 0. The van der Waals surface area contributed by atoms with Crippen LogP contribution in [0.5, 0.6) is 0 Å². The van der Waals surface area contributed by atoms with Crippen LogP contribution in [0.4, 0.5) is 0 Å². The summed E-state index contributed by atoms with van der Waals surface area (Å²) in [4.78, 5) is 11.7. The molecular weight excluding hydrogens is 388 g/mol. The standard InChI is InChI=1S/C27H38O4/c1-16(13-20-8-11-24(29)26(20)31)22-9-10-23-18(5-4-12-27(22,23)3)6-7-19-14-21(28)15-25(30)17(19)2/h6-7,16,21-23,25,28,30-31H,2,4-5,8-15H2,1,3H3/b18-6+,19-7-/t16-,21+,22+,23?,25-,27+/m0/s1. The molecule has 0 aromatic heterocycles. The Labute approximate surface area is 186 Å². The van der Waals surface area contributed by atoms with Gasteiger partial charge in [-0.25, -0.2) is 0 Å². The maximum atomic E-state index is 11.7. The number of hydrogen-bond acceptors (Lipinski definition) is 4. The van der Waals surface area contributed by atoms with Gasteiger partial charge in [0.2, 0.25) is 0 Å². The Hall–Kier alpha value is -1.65. The van der Waals surface area contributed by atoms with Gasteiger partial charge in [-0.2, -0.15) is 0 Å². The van der Waals surface area contributed by atoms with Crippen molar-refractivity contribution in [2.24, 2.45) is 23.2 Å². The highest BCUT2D eigenvalue weighted by Gasteiger charge is 2.50. The minimum atomic E-state index is -0.644. The van der Waals surface area contributed by atoms with E-state index in [2.05, 4.69) is 32.6 Å². The van der Waals surface area contributed by atoms with Gasteiger partial charge in [-0.05, 0) is 91.3 Å². The van der Waals surface area contributed by atoms with E-state index in [0.29, 0.717) is 37.0 Å². The Morgan fingerprint density at radius 1 is 1.19 bits per heavy atom. The second-order valence-electron chi connectivity index (χ2n) is 10.7. The van der Waals surface area contributed by atoms with Crippen molar-refractivity contribution in [1.82, 2.24) is 0 Å². The third-order valence-electron chi connectivity index (χ3n) is 8.81. The van der Waals surface area contributed by atoms with E-state index in [0.717, 1.165) is 36.0 Å². The summed E-state index contributed by atoms with van der Waals surface area (Å²) in [5.74, 6) is 1.56. The lowest BCUT2D eigenvalue weighted by Crippen LogP contribution is -2.36. The van der Waals surface area contributed by atoms with Crippen molar-refractivity contribution in [3.8, 4) is 0 Å². The average molecular weight is 427 g/mol. The second kappa shape index (κ2) is 8.71. The number of rotatable bonds is 4. The molecule has 0 heterocycles. The van der Waals surface area contributed by atoms with E-state index in [1.807, 2.05) is 0 Å². The monoisotopic (exact) mass is 426 g/mol. The van der Waals surface area contributed by atoms with Crippen molar-refractivity contribution in [1.29, 1.82) is 0 Å². The summed E-state index contributed by atoms with van der Waals surface area (Å²) in [6.45, 7) is 8.80. The van der Waals surface area contributed by atoms with Crippen LogP contribution in [-0.2, 0) is 4.79 Å². The molecule has 0 aliphatic heterocycles. The van der Waals surface area contributed by atoms with Crippen LogP contribution in [0.1, 0.15) is 78.1 Å². The molecule has 4 aliphatic carbocycles. The highest BCUT2D eigenvalue weighted by atomic mass is 16.3. The summed E-state index contributed by atoms with van der Waals surface area (Å²) in [6.07, 6.45) is 12.1. The molecular formula is C27H38O4. The van der Waals surface area contributed by atoms with Gasteiger partial charge in [0.25, 0.3) is 0 Å². The maximum Gasteiger partial charge on any atom is 0.197 e. The first kappa shape index (κ1) is 22.5. The van der Waals surface area contributed by atoms with Gasteiger partial charge in [-0.15, -0.1) is 0 Å². The molecule has 170 valence electrons. The van der Waals surface area contributed by atoms with E-state index in [1.54, 1.807) is 0 Å². The van der Waals surface area contributed by atoms with Gasteiger partial charge < -0.3 is 15.3 Å². The van der Waals surface area contributed by atoms with Crippen molar-refractivity contribution in [3.63, 3.8) is 0 Å². The zero-order valence-electron chi connectivity index (χ0n) is 19.1. The van der Waals surface area contributed by atoms with Gasteiger partial charge >= 0.3 is 0 Å². The predicted octanol–water partition coefficient (Wildman–Crippen LogP) is 5.33. The average Bonchev–Trinajstić information content (AvgIpc) is 3.23. The normalized spacial score (nSPS) is 40.1. The van der Waals surface area contributed by atoms with Crippen LogP contribution in [0.2, 0.25) is 0 Å². The Kier molecular flexibility index (Phi) is 6.33. The highest BCUT2D eigenvalue weighted by Crippen LogP contribution is 2.60. The number of aliphatic hydroxyl groups is 3. The third kappa shape index (κ3) is 4.21. The highest BCUT2D eigenvalue weighted by molar-refractivity contribution is 5.96. The fourth-order valence-corrected chi connectivity index (χ4v) is 7.11. The lowest BCUT2D eigenvalue weighted by Gasteiger charge is -2.44. The molecule has 6 atom stereocenters. The number of hydrogen-bond donors (Lipinski definition) is 3. The summed E-state index contributed by atoms with van der Waals surface area (Å²) >= 11 is 0. The van der Waals surface area contributed by atoms with Crippen LogP contribution >= 0.6 is 0 Å². The summed E-state index contributed by atoms with van der Waals surface area (Å²) in [7, 11) is 0.